The second-order valence-corrected chi connectivity index (χ2v) is 6.23. The van der Waals surface area contributed by atoms with Crippen LogP contribution in [-0.2, 0) is 4.79 Å². The number of nitrogens with zero attached hydrogens (tertiary/aromatic N) is 1. The number of carbonyl (C=O) groups excluding carboxylic acids is 2. The van der Waals surface area contributed by atoms with Crippen molar-refractivity contribution in [2.45, 2.75) is 18.9 Å². The minimum Gasteiger partial charge on any atom is -0.324 e. The van der Waals surface area contributed by atoms with E-state index in [1.807, 2.05) is 0 Å². The van der Waals surface area contributed by atoms with Crippen LogP contribution in [0.25, 0.3) is 0 Å². The van der Waals surface area contributed by atoms with Gasteiger partial charge in [-0.1, -0.05) is 23.7 Å². The summed E-state index contributed by atoms with van der Waals surface area (Å²) in [7, 11) is 0. The Morgan fingerprint density at radius 1 is 1.08 bits per heavy atom. The van der Waals surface area contributed by atoms with Crippen molar-refractivity contribution in [3.63, 3.8) is 0 Å². The van der Waals surface area contributed by atoms with Crippen LogP contribution >= 0.6 is 11.6 Å². The molecule has 3 rings (SSSR count). The molecule has 5 nitrogen and oxygen atoms in total. The van der Waals surface area contributed by atoms with Gasteiger partial charge in [0.25, 0.3) is 0 Å². The molecule has 2 N–H and O–H groups in total. The highest BCUT2D eigenvalue weighted by atomic mass is 35.5. The number of amides is 3. The highest BCUT2D eigenvalue weighted by molar-refractivity contribution is 6.30. The summed E-state index contributed by atoms with van der Waals surface area (Å²) in [6.07, 6.45) is 1.29. The molecule has 3 amide bonds. The van der Waals surface area contributed by atoms with Crippen LogP contribution in [0.1, 0.15) is 12.8 Å². The molecular weight excluding hydrogens is 345 g/mol. The second kappa shape index (κ2) is 7.53. The number of nitrogens with one attached hydrogen (secondary N) is 2. The second-order valence-electron chi connectivity index (χ2n) is 5.79. The van der Waals surface area contributed by atoms with Crippen molar-refractivity contribution in [1.82, 2.24) is 4.90 Å². The van der Waals surface area contributed by atoms with E-state index in [4.69, 9.17) is 11.6 Å². The van der Waals surface area contributed by atoms with Gasteiger partial charge in [-0.2, -0.15) is 0 Å². The Morgan fingerprint density at radius 2 is 1.80 bits per heavy atom. The third kappa shape index (κ3) is 4.28. The molecular formula is C18H17ClFN3O2. The highest BCUT2D eigenvalue weighted by Crippen LogP contribution is 2.22. The van der Waals surface area contributed by atoms with Crippen molar-refractivity contribution in [3.05, 3.63) is 59.4 Å². The lowest BCUT2D eigenvalue weighted by molar-refractivity contribution is -0.119. The Hall–Kier alpha value is -2.60. The lowest BCUT2D eigenvalue weighted by Gasteiger charge is -2.24. The predicted molar refractivity (Wildman–Crippen MR) is 95.2 cm³/mol. The molecule has 130 valence electrons. The van der Waals surface area contributed by atoms with E-state index in [1.165, 1.54) is 23.1 Å². The van der Waals surface area contributed by atoms with Gasteiger partial charge in [0.15, 0.2) is 0 Å². The molecule has 7 heteroatoms. The average Bonchev–Trinajstić information content (AvgIpc) is 3.04. The summed E-state index contributed by atoms with van der Waals surface area (Å²) in [4.78, 5) is 26.4. The average molecular weight is 362 g/mol. The van der Waals surface area contributed by atoms with E-state index in [1.54, 1.807) is 30.3 Å². The zero-order chi connectivity index (χ0) is 17.8. The van der Waals surface area contributed by atoms with Crippen LogP contribution in [0, 0.1) is 5.82 Å². The largest absolute Gasteiger partial charge is 0.324 e. The van der Waals surface area contributed by atoms with Crippen molar-refractivity contribution in [2.24, 2.45) is 0 Å². The number of benzene rings is 2. The third-order valence-electron chi connectivity index (χ3n) is 3.98. The number of hydrogen-bond acceptors (Lipinski definition) is 2. The molecule has 0 saturated carbocycles. The maximum atomic E-state index is 13.2. The summed E-state index contributed by atoms with van der Waals surface area (Å²) < 4.78 is 13.2. The van der Waals surface area contributed by atoms with E-state index >= 15 is 0 Å². The first-order valence-electron chi connectivity index (χ1n) is 7.92. The molecule has 1 atom stereocenters. The van der Waals surface area contributed by atoms with E-state index < -0.39 is 11.9 Å². The minimum absolute atomic E-state index is 0.329. The molecule has 1 heterocycles. The van der Waals surface area contributed by atoms with Crippen LogP contribution in [0.5, 0.6) is 0 Å². The Balaban J connectivity index is 1.67. The Morgan fingerprint density at radius 3 is 2.52 bits per heavy atom. The summed E-state index contributed by atoms with van der Waals surface area (Å²) in [5.41, 5.74) is 0.931. The van der Waals surface area contributed by atoms with Gasteiger partial charge in [0.2, 0.25) is 5.91 Å². The van der Waals surface area contributed by atoms with Gasteiger partial charge >= 0.3 is 6.03 Å². The fourth-order valence-corrected chi connectivity index (χ4v) is 3.03. The molecule has 0 aromatic heterocycles. The van der Waals surface area contributed by atoms with Crippen molar-refractivity contribution < 1.29 is 14.0 Å². The van der Waals surface area contributed by atoms with Gasteiger partial charge in [-0.25, -0.2) is 9.18 Å². The van der Waals surface area contributed by atoms with Crippen LogP contribution in [0.2, 0.25) is 5.02 Å². The number of rotatable bonds is 3. The lowest BCUT2D eigenvalue weighted by atomic mass is 10.2. The minimum atomic E-state index is -0.595. The maximum absolute atomic E-state index is 13.2. The van der Waals surface area contributed by atoms with E-state index in [0.29, 0.717) is 29.4 Å². The molecule has 0 unspecified atom stereocenters. The summed E-state index contributed by atoms with van der Waals surface area (Å²) in [6.45, 7) is 0.480. The Labute approximate surface area is 149 Å². The molecule has 1 aliphatic heterocycles. The van der Waals surface area contributed by atoms with Crippen LogP contribution in [-0.4, -0.2) is 29.4 Å². The summed E-state index contributed by atoms with van der Waals surface area (Å²) in [5.74, 6) is -0.760. The van der Waals surface area contributed by atoms with E-state index in [0.717, 1.165) is 6.42 Å². The maximum Gasteiger partial charge on any atom is 0.322 e. The van der Waals surface area contributed by atoms with Gasteiger partial charge in [-0.05, 0) is 49.2 Å². The number of anilines is 2. The van der Waals surface area contributed by atoms with Gasteiger partial charge in [-0.3, -0.25) is 4.79 Å². The topological polar surface area (TPSA) is 61.4 Å². The molecule has 0 aliphatic carbocycles. The summed E-state index contributed by atoms with van der Waals surface area (Å²) >= 11 is 5.91. The van der Waals surface area contributed by atoms with E-state index in [2.05, 4.69) is 10.6 Å². The number of urea groups is 1. The van der Waals surface area contributed by atoms with Crippen molar-refractivity contribution in [3.8, 4) is 0 Å². The molecule has 25 heavy (non-hydrogen) atoms. The molecule has 1 aliphatic rings. The van der Waals surface area contributed by atoms with E-state index in [9.17, 15) is 14.0 Å². The van der Waals surface area contributed by atoms with Crippen LogP contribution in [0.15, 0.2) is 48.5 Å². The van der Waals surface area contributed by atoms with Crippen LogP contribution in [0.3, 0.4) is 0 Å². The third-order valence-corrected chi connectivity index (χ3v) is 4.22. The first-order chi connectivity index (χ1) is 12.0. The first-order valence-corrected chi connectivity index (χ1v) is 8.30. The Kier molecular flexibility index (Phi) is 5.19. The van der Waals surface area contributed by atoms with Gasteiger partial charge in [-0.15, -0.1) is 0 Å². The van der Waals surface area contributed by atoms with E-state index in [-0.39, 0.29) is 11.9 Å². The highest BCUT2D eigenvalue weighted by Gasteiger charge is 2.34. The standard InChI is InChI=1S/C18H17ClFN3O2/c19-12-4-1-6-14(10-12)22-18(25)23-9-3-8-16(23)17(24)21-15-7-2-5-13(20)11-15/h1-2,4-7,10-11,16H,3,8-9H2,(H,21,24)(H,22,25)/t16-/m0/s1. The predicted octanol–water partition coefficient (Wildman–Crippen LogP) is 4.11. The molecule has 1 saturated heterocycles. The first kappa shape index (κ1) is 17.2. The van der Waals surface area contributed by atoms with Crippen molar-refractivity contribution in [1.29, 1.82) is 0 Å². The Bertz CT molecular complexity index is 734. The monoisotopic (exact) mass is 361 g/mol. The normalized spacial score (nSPS) is 16.6. The fourth-order valence-electron chi connectivity index (χ4n) is 2.84. The SMILES string of the molecule is O=C(Nc1cccc(F)c1)[C@@H]1CCCN1C(=O)Nc1cccc(Cl)c1. The number of carbonyl (C=O) groups is 2. The quantitative estimate of drug-likeness (QED) is 0.864. The zero-order valence-corrected chi connectivity index (χ0v) is 14.1. The van der Waals surface area contributed by atoms with Gasteiger partial charge in [0, 0.05) is 22.9 Å². The van der Waals surface area contributed by atoms with Crippen LogP contribution < -0.4 is 10.6 Å². The zero-order valence-electron chi connectivity index (χ0n) is 13.3. The molecule has 2 aromatic carbocycles. The molecule has 0 radical (unpaired) electrons. The molecule has 0 bridgehead atoms. The molecule has 0 spiro atoms. The molecule has 2 aromatic rings. The summed E-state index contributed by atoms with van der Waals surface area (Å²) in [6, 6.07) is 11.5. The fraction of sp³-hybridized carbons (Fsp3) is 0.222. The van der Waals surface area contributed by atoms with Crippen LogP contribution in [0.4, 0.5) is 20.6 Å². The lowest BCUT2D eigenvalue weighted by Crippen LogP contribution is -2.45. The van der Waals surface area contributed by atoms with Gasteiger partial charge in [0.05, 0.1) is 0 Å². The number of hydrogen-bond donors (Lipinski definition) is 2. The number of halogens is 2. The smallest absolute Gasteiger partial charge is 0.322 e. The van der Waals surface area contributed by atoms with Gasteiger partial charge in [0.1, 0.15) is 11.9 Å². The van der Waals surface area contributed by atoms with Crippen molar-refractivity contribution in [2.75, 3.05) is 17.2 Å². The van der Waals surface area contributed by atoms with Crippen molar-refractivity contribution >= 4 is 34.9 Å². The van der Waals surface area contributed by atoms with Gasteiger partial charge < -0.3 is 15.5 Å². The molecule has 1 fully saturated rings. The number of likely N-dealkylation sites (tertiary alicyclic amines) is 1. The summed E-state index contributed by atoms with van der Waals surface area (Å²) in [5, 5.41) is 5.92.